The summed E-state index contributed by atoms with van der Waals surface area (Å²) in [6.07, 6.45) is 3.71. The first-order valence-corrected chi connectivity index (χ1v) is 7.95. The van der Waals surface area contributed by atoms with E-state index in [4.69, 9.17) is 10.2 Å². The largest absolute Gasteiger partial charge is 0.481 e. The summed E-state index contributed by atoms with van der Waals surface area (Å²) in [7, 11) is 0. The summed E-state index contributed by atoms with van der Waals surface area (Å²) in [4.78, 5) is 21.3. The van der Waals surface area contributed by atoms with Gasteiger partial charge in [0.1, 0.15) is 0 Å². The molecular weight excluding hydrogens is 555 g/mol. The first-order chi connectivity index (χ1) is 11.0. The smallest absolute Gasteiger partial charge is 0.336 e. The van der Waals surface area contributed by atoms with Crippen LogP contribution in [0.2, 0.25) is 0 Å². The van der Waals surface area contributed by atoms with Gasteiger partial charge in [0.25, 0.3) is 0 Å². The van der Waals surface area contributed by atoms with Crippen LogP contribution in [0.3, 0.4) is 0 Å². The minimum Gasteiger partial charge on any atom is -0.481 e. The van der Waals surface area contributed by atoms with Crippen LogP contribution in [0, 0.1) is 5.92 Å². The van der Waals surface area contributed by atoms with Gasteiger partial charge in [0.2, 0.25) is 0 Å². The number of fused-ring (bicyclic) bond motifs is 1. The van der Waals surface area contributed by atoms with Crippen molar-refractivity contribution in [1.29, 1.82) is 0 Å². The number of benzene rings is 2. The van der Waals surface area contributed by atoms with E-state index in [1.54, 1.807) is 12.1 Å². The predicted molar refractivity (Wildman–Crippen MR) is 97.6 cm³/mol. The molecule has 0 fully saturated rings. The summed E-state index contributed by atoms with van der Waals surface area (Å²) >= 11 is 0. The second-order valence-electron chi connectivity index (χ2n) is 5.42. The third-order valence-electron chi connectivity index (χ3n) is 3.77. The Kier molecular flexibility index (Phi) is 15.0. The van der Waals surface area contributed by atoms with Crippen LogP contribution in [0.4, 0.5) is 0 Å². The Hall–Kier alpha value is -0.918. The Labute approximate surface area is 179 Å². The molecular formula is C19H24FeO4Pb. The summed E-state index contributed by atoms with van der Waals surface area (Å²) in [5.41, 5.74) is 0.359. The average Bonchev–Trinajstić information content (AvgIpc) is 2.55. The fraction of sp³-hybridized carbons (Fsp3) is 0.368. The van der Waals surface area contributed by atoms with Crippen molar-refractivity contribution in [2.45, 2.75) is 39.5 Å². The van der Waals surface area contributed by atoms with Crippen LogP contribution >= 0.6 is 0 Å². The number of hydrogen-bond acceptors (Lipinski definition) is 2. The van der Waals surface area contributed by atoms with E-state index in [0.717, 1.165) is 36.5 Å². The molecule has 0 aliphatic rings. The fourth-order valence-electron chi connectivity index (χ4n) is 2.36. The van der Waals surface area contributed by atoms with Crippen molar-refractivity contribution in [2.75, 3.05) is 0 Å². The van der Waals surface area contributed by atoms with Gasteiger partial charge < -0.3 is 10.2 Å². The third kappa shape index (κ3) is 8.83. The zero-order valence-corrected chi connectivity index (χ0v) is 19.5. The van der Waals surface area contributed by atoms with Gasteiger partial charge in [-0.1, -0.05) is 63.1 Å². The number of carbonyl (C=O) groups is 2. The van der Waals surface area contributed by atoms with Crippen molar-refractivity contribution < 1.29 is 36.9 Å². The Morgan fingerprint density at radius 1 is 1.00 bits per heavy atom. The zero-order chi connectivity index (χ0) is 17.2. The molecule has 2 rings (SSSR count). The standard InChI is InChI=1S/C11H8O2.C8H16O2.Fe.Pb/c12-11(13)10-7-3-5-8-4-1-2-6-9(8)10;1-3-5-6-7(4-2)8(9)10;;/h1-7H,(H,12,13);7H,3-6H2,1-2H3,(H,9,10);;. The van der Waals surface area contributed by atoms with Crippen LogP contribution in [0.1, 0.15) is 49.9 Å². The summed E-state index contributed by atoms with van der Waals surface area (Å²) in [6.45, 7) is 4.00. The molecule has 0 heterocycles. The second kappa shape index (κ2) is 14.3. The molecule has 25 heavy (non-hydrogen) atoms. The number of aliphatic carboxylic acids is 1. The number of carboxylic acids is 2. The van der Waals surface area contributed by atoms with Gasteiger partial charge in [0, 0.05) is 44.4 Å². The quantitative estimate of drug-likeness (QED) is 0.497. The van der Waals surface area contributed by atoms with Crippen molar-refractivity contribution in [3.63, 3.8) is 0 Å². The van der Waals surface area contributed by atoms with Gasteiger partial charge in [-0.05, 0) is 29.7 Å². The van der Waals surface area contributed by atoms with E-state index in [0.29, 0.717) is 5.56 Å². The maximum Gasteiger partial charge on any atom is 0.336 e. The molecule has 0 aromatic heterocycles. The van der Waals surface area contributed by atoms with Crippen LogP contribution in [-0.2, 0) is 21.9 Å². The molecule has 6 heteroatoms. The molecule has 0 saturated heterocycles. The molecule has 0 aliphatic heterocycles. The van der Waals surface area contributed by atoms with Crippen molar-refractivity contribution in [3.8, 4) is 0 Å². The van der Waals surface area contributed by atoms with Gasteiger partial charge in [-0.25, -0.2) is 4.79 Å². The van der Waals surface area contributed by atoms with Gasteiger partial charge in [-0.2, -0.15) is 0 Å². The summed E-state index contributed by atoms with van der Waals surface area (Å²) in [5, 5.41) is 19.2. The summed E-state index contributed by atoms with van der Waals surface area (Å²) in [6, 6.07) is 12.7. The molecule has 0 bridgehead atoms. The predicted octanol–water partition coefficient (Wildman–Crippen LogP) is 4.44. The summed E-state index contributed by atoms with van der Waals surface area (Å²) in [5.74, 6) is -1.63. The zero-order valence-electron chi connectivity index (χ0n) is 14.5. The molecule has 1 atom stereocenters. The molecule has 0 aliphatic carbocycles. The van der Waals surface area contributed by atoms with Crippen molar-refractivity contribution >= 4 is 50.0 Å². The second-order valence-corrected chi connectivity index (χ2v) is 5.42. The first-order valence-electron chi connectivity index (χ1n) is 7.95. The Bertz CT molecular complexity index is 655. The SMILES string of the molecule is CCCCC(CC)C(=O)O.O=C(O)c1cccc2ccccc12.[Fe].[Pb]. The van der Waals surface area contributed by atoms with Crippen LogP contribution < -0.4 is 0 Å². The molecule has 0 spiro atoms. The van der Waals surface area contributed by atoms with E-state index in [1.807, 2.05) is 37.3 Å². The van der Waals surface area contributed by atoms with Crippen molar-refractivity contribution in [1.82, 2.24) is 0 Å². The van der Waals surface area contributed by atoms with Gasteiger partial charge in [0.05, 0.1) is 11.5 Å². The van der Waals surface area contributed by atoms with E-state index in [9.17, 15) is 9.59 Å². The number of aromatic carboxylic acids is 1. The van der Waals surface area contributed by atoms with Crippen molar-refractivity contribution in [2.24, 2.45) is 5.92 Å². The third-order valence-corrected chi connectivity index (χ3v) is 3.77. The van der Waals surface area contributed by atoms with E-state index in [-0.39, 0.29) is 50.3 Å². The normalized spacial score (nSPS) is 10.5. The van der Waals surface area contributed by atoms with Crippen molar-refractivity contribution in [3.05, 3.63) is 48.0 Å². The maximum absolute atomic E-state index is 10.8. The Morgan fingerprint density at radius 3 is 2.12 bits per heavy atom. The molecule has 1 unspecified atom stereocenters. The first kappa shape index (κ1) is 26.3. The van der Waals surface area contributed by atoms with Gasteiger partial charge in [0.15, 0.2) is 0 Å². The monoisotopic (exact) mass is 580 g/mol. The van der Waals surface area contributed by atoms with E-state index in [2.05, 4.69) is 6.92 Å². The van der Waals surface area contributed by atoms with E-state index < -0.39 is 11.9 Å². The Balaban J connectivity index is 0. The minimum atomic E-state index is -0.878. The number of carboxylic acid groups (broad SMARTS) is 2. The number of unbranched alkanes of at least 4 members (excludes halogenated alkanes) is 1. The van der Waals surface area contributed by atoms with E-state index in [1.165, 1.54) is 0 Å². The molecule has 0 saturated carbocycles. The van der Waals surface area contributed by atoms with Crippen LogP contribution in [-0.4, -0.2) is 49.5 Å². The number of rotatable bonds is 6. The minimum absolute atomic E-state index is 0. The van der Waals surface area contributed by atoms with Gasteiger partial charge in [-0.3, -0.25) is 4.79 Å². The van der Waals surface area contributed by atoms with Crippen LogP contribution in [0.25, 0.3) is 10.8 Å². The van der Waals surface area contributed by atoms with Gasteiger partial charge >= 0.3 is 11.9 Å². The maximum atomic E-state index is 10.8. The number of hydrogen-bond donors (Lipinski definition) is 2. The molecule has 4 nitrogen and oxygen atoms in total. The molecule has 2 aromatic rings. The molecule has 0 amide bonds. The topological polar surface area (TPSA) is 74.6 Å². The molecule has 2 aromatic carbocycles. The average molecular weight is 579 g/mol. The van der Waals surface area contributed by atoms with Crippen LogP contribution in [0.5, 0.6) is 0 Å². The van der Waals surface area contributed by atoms with E-state index >= 15 is 0 Å². The molecule has 4 radical (unpaired) electrons. The summed E-state index contributed by atoms with van der Waals surface area (Å²) < 4.78 is 0. The molecule has 2 N–H and O–H groups in total. The molecule has 136 valence electrons. The fourth-order valence-corrected chi connectivity index (χ4v) is 2.36. The van der Waals surface area contributed by atoms with Crippen LogP contribution in [0.15, 0.2) is 42.5 Å². The van der Waals surface area contributed by atoms with Gasteiger partial charge in [-0.15, -0.1) is 0 Å². The Morgan fingerprint density at radius 2 is 1.60 bits per heavy atom.